The van der Waals surface area contributed by atoms with Crippen LogP contribution in [0.2, 0.25) is 0 Å². The van der Waals surface area contributed by atoms with Gasteiger partial charge >= 0.3 is 0 Å². The average molecular weight is 263 g/mol. The summed E-state index contributed by atoms with van der Waals surface area (Å²) in [5, 5.41) is 0. The maximum absolute atomic E-state index is 5.50. The van der Waals surface area contributed by atoms with E-state index in [9.17, 15) is 0 Å². The molecule has 2 heterocycles. The fraction of sp³-hybridized carbons (Fsp3) is 0.714. The van der Waals surface area contributed by atoms with E-state index >= 15 is 0 Å². The lowest BCUT2D eigenvalue weighted by Gasteiger charge is -2.28. The van der Waals surface area contributed by atoms with E-state index in [0.29, 0.717) is 0 Å². The van der Waals surface area contributed by atoms with Gasteiger partial charge < -0.3 is 9.88 Å². The van der Waals surface area contributed by atoms with Crippen LogP contribution in [0.1, 0.15) is 49.8 Å². The molecule has 0 spiro atoms. The van der Waals surface area contributed by atoms with E-state index in [2.05, 4.69) is 14.9 Å². The van der Waals surface area contributed by atoms with Crippen molar-refractivity contribution in [2.24, 2.45) is 0 Å². The zero-order chi connectivity index (χ0) is 12.4. The van der Waals surface area contributed by atoms with E-state index in [-0.39, 0.29) is 0 Å². The number of nitrogens with one attached hydrogen (secondary N) is 1. The van der Waals surface area contributed by atoms with Crippen molar-refractivity contribution in [1.82, 2.24) is 9.97 Å². The Bertz CT molecular complexity index is 474. The highest BCUT2D eigenvalue weighted by Gasteiger charge is 2.17. The number of aromatic amines is 1. The van der Waals surface area contributed by atoms with Crippen molar-refractivity contribution in [3.8, 4) is 0 Å². The quantitative estimate of drug-likeness (QED) is 0.622. The van der Waals surface area contributed by atoms with Gasteiger partial charge in [0.05, 0.1) is 0 Å². The number of hydrogen-bond donors (Lipinski definition) is 1. The molecule has 1 aromatic heterocycles. The third-order valence-corrected chi connectivity index (χ3v) is 4.44. The highest BCUT2D eigenvalue weighted by atomic mass is 32.1. The van der Waals surface area contributed by atoms with Gasteiger partial charge in [0.2, 0.25) is 5.95 Å². The number of H-pyrrole nitrogens is 1. The summed E-state index contributed by atoms with van der Waals surface area (Å²) in [6.07, 6.45) is 10.0. The lowest BCUT2D eigenvalue weighted by molar-refractivity contribution is 0.566. The molecule has 98 valence electrons. The summed E-state index contributed by atoms with van der Waals surface area (Å²) < 4.78 is 0.839. The minimum atomic E-state index is 0.839. The van der Waals surface area contributed by atoms with Gasteiger partial charge in [0, 0.05) is 24.3 Å². The van der Waals surface area contributed by atoms with Crippen LogP contribution < -0.4 is 4.90 Å². The second-order valence-electron chi connectivity index (χ2n) is 5.43. The number of hydrogen-bond acceptors (Lipinski definition) is 3. The molecule has 0 atom stereocenters. The molecule has 2 aliphatic rings. The monoisotopic (exact) mass is 263 g/mol. The molecule has 4 heteroatoms. The van der Waals surface area contributed by atoms with Gasteiger partial charge in [0.1, 0.15) is 4.64 Å². The molecule has 0 aromatic carbocycles. The Morgan fingerprint density at radius 3 is 2.50 bits per heavy atom. The summed E-state index contributed by atoms with van der Waals surface area (Å²) in [4.78, 5) is 10.6. The third kappa shape index (κ3) is 2.44. The van der Waals surface area contributed by atoms with Gasteiger partial charge in [-0.25, -0.2) is 4.98 Å². The molecule has 1 saturated heterocycles. The lowest BCUT2D eigenvalue weighted by Crippen LogP contribution is -2.31. The number of rotatable bonds is 1. The zero-order valence-corrected chi connectivity index (χ0v) is 11.7. The van der Waals surface area contributed by atoms with Crippen LogP contribution in [0, 0.1) is 4.64 Å². The summed E-state index contributed by atoms with van der Waals surface area (Å²) >= 11 is 5.50. The van der Waals surface area contributed by atoms with E-state index in [1.54, 1.807) is 0 Å². The van der Waals surface area contributed by atoms with Crippen molar-refractivity contribution in [3.05, 3.63) is 15.9 Å². The maximum Gasteiger partial charge on any atom is 0.204 e. The van der Waals surface area contributed by atoms with E-state index in [1.807, 2.05) is 0 Å². The topological polar surface area (TPSA) is 31.9 Å². The number of anilines is 1. The number of aryl methyl sites for hydroxylation is 1. The SMILES string of the molecule is S=c1nc(N2CCCCC2)[nH]c2c1CCCCC2. The fourth-order valence-corrected chi connectivity index (χ4v) is 3.35. The van der Waals surface area contributed by atoms with E-state index in [4.69, 9.17) is 12.2 Å². The van der Waals surface area contributed by atoms with Crippen LogP contribution in [-0.4, -0.2) is 23.1 Å². The summed E-state index contributed by atoms with van der Waals surface area (Å²) in [6.45, 7) is 2.24. The van der Waals surface area contributed by atoms with Crippen molar-refractivity contribution >= 4 is 18.2 Å². The van der Waals surface area contributed by atoms with Crippen molar-refractivity contribution in [2.45, 2.75) is 51.4 Å². The van der Waals surface area contributed by atoms with E-state index < -0.39 is 0 Å². The Morgan fingerprint density at radius 2 is 1.67 bits per heavy atom. The number of aromatic nitrogens is 2. The molecular formula is C14H21N3S. The van der Waals surface area contributed by atoms with Crippen LogP contribution in [0.5, 0.6) is 0 Å². The molecule has 0 amide bonds. The van der Waals surface area contributed by atoms with Gasteiger partial charge in [-0.15, -0.1) is 0 Å². The highest BCUT2D eigenvalue weighted by Crippen LogP contribution is 2.23. The fourth-order valence-electron chi connectivity index (χ4n) is 3.04. The molecule has 0 unspecified atom stereocenters. The smallest absolute Gasteiger partial charge is 0.204 e. The van der Waals surface area contributed by atoms with Crippen LogP contribution in [0.25, 0.3) is 0 Å². The first kappa shape index (κ1) is 12.2. The van der Waals surface area contributed by atoms with Crippen molar-refractivity contribution in [2.75, 3.05) is 18.0 Å². The number of piperidine rings is 1. The van der Waals surface area contributed by atoms with Crippen LogP contribution in [0.3, 0.4) is 0 Å². The maximum atomic E-state index is 5.50. The van der Waals surface area contributed by atoms with Gasteiger partial charge in [-0.1, -0.05) is 18.6 Å². The molecule has 0 saturated carbocycles. The number of nitrogens with zero attached hydrogens (tertiary/aromatic N) is 2. The Balaban J connectivity index is 1.94. The van der Waals surface area contributed by atoms with Crippen LogP contribution in [0.4, 0.5) is 5.95 Å². The molecule has 1 N–H and O–H groups in total. The highest BCUT2D eigenvalue weighted by molar-refractivity contribution is 7.71. The second-order valence-corrected chi connectivity index (χ2v) is 5.82. The molecule has 1 aliphatic heterocycles. The first-order valence-electron chi connectivity index (χ1n) is 7.21. The normalized spacial score (nSPS) is 20.3. The molecule has 0 radical (unpaired) electrons. The summed E-state index contributed by atoms with van der Waals surface area (Å²) in [5.41, 5.74) is 2.66. The molecule has 0 bridgehead atoms. The summed E-state index contributed by atoms with van der Waals surface area (Å²) in [6, 6.07) is 0. The minimum absolute atomic E-state index is 0.839. The van der Waals surface area contributed by atoms with Gasteiger partial charge in [-0.3, -0.25) is 0 Å². The first-order valence-corrected chi connectivity index (χ1v) is 7.62. The van der Waals surface area contributed by atoms with Crippen molar-refractivity contribution in [1.29, 1.82) is 0 Å². The van der Waals surface area contributed by atoms with Crippen molar-refractivity contribution in [3.63, 3.8) is 0 Å². The first-order chi connectivity index (χ1) is 8.84. The standard InChI is InChI=1S/C14H21N3S/c18-13-11-7-3-1-4-8-12(11)15-14(16-13)17-9-5-2-6-10-17/h1-10H2,(H,15,16,18). The Labute approximate surface area is 114 Å². The second kappa shape index (κ2) is 5.39. The number of fused-ring (bicyclic) bond motifs is 1. The van der Waals surface area contributed by atoms with Crippen molar-refractivity contribution < 1.29 is 0 Å². The molecule has 18 heavy (non-hydrogen) atoms. The zero-order valence-electron chi connectivity index (χ0n) is 10.9. The summed E-state index contributed by atoms with van der Waals surface area (Å²) in [7, 11) is 0. The molecule has 3 rings (SSSR count). The lowest BCUT2D eigenvalue weighted by atomic mass is 10.1. The van der Waals surface area contributed by atoms with Gasteiger partial charge in [-0.2, -0.15) is 0 Å². The van der Waals surface area contributed by atoms with Gasteiger partial charge in [0.25, 0.3) is 0 Å². The predicted octanol–water partition coefficient (Wildman–Crippen LogP) is 3.40. The third-order valence-electron chi connectivity index (χ3n) is 4.10. The largest absolute Gasteiger partial charge is 0.342 e. The predicted molar refractivity (Wildman–Crippen MR) is 76.7 cm³/mol. The molecule has 1 fully saturated rings. The van der Waals surface area contributed by atoms with E-state index in [0.717, 1.165) is 36.5 Å². The van der Waals surface area contributed by atoms with Gasteiger partial charge in [0.15, 0.2) is 0 Å². The summed E-state index contributed by atoms with van der Waals surface area (Å²) in [5.74, 6) is 1.01. The molecule has 3 nitrogen and oxygen atoms in total. The average Bonchev–Trinajstić information content (AvgIpc) is 2.65. The van der Waals surface area contributed by atoms with Crippen LogP contribution >= 0.6 is 12.2 Å². The van der Waals surface area contributed by atoms with Gasteiger partial charge in [-0.05, 0) is 44.9 Å². The van der Waals surface area contributed by atoms with E-state index in [1.165, 1.54) is 49.8 Å². The van der Waals surface area contributed by atoms with Crippen LogP contribution in [0.15, 0.2) is 0 Å². The Morgan fingerprint density at radius 1 is 0.944 bits per heavy atom. The molecule has 1 aromatic rings. The van der Waals surface area contributed by atoms with Crippen LogP contribution in [-0.2, 0) is 12.8 Å². The Hall–Kier alpha value is -0.900. The molecular weight excluding hydrogens is 242 g/mol. The molecule has 1 aliphatic carbocycles. The minimum Gasteiger partial charge on any atom is -0.342 e. The Kier molecular flexibility index (Phi) is 3.64.